The van der Waals surface area contributed by atoms with Crippen LogP contribution in [-0.2, 0) is 4.79 Å². The molecule has 5 heteroatoms. The van der Waals surface area contributed by atoms with Crippen LogP contribution in [0.4, 0.5) is 0 Å². The molecule has 0 aliphatic carbocycles. The molecule has 0 fully saturated rings. The van der Waals surface area contributed by atoms with E-state index in [1.165, 1.54) is 6.07 Å². The molecule has 20 heavy (non-hydrogen) atoms. The highest BCUT2D eigenvalue weighted by atomic mass is 16.5. The van der Waals surface area contributed by atoms with Crippen LogP contribution in [0.1, 0.15) is 36.7 Å². The van der Waals surface area contributed by atoms with Crippen LogP contribution in [0.3, 0.4) is 0 Å². The molecule has 1 N–H and O–H groups in total. The third-order valence-corrected chi connectivity index (χ3v) is 3.16. The van der Waals surface area contributed by atoms with Crippen LogP contribution in [0, 0.1) is 6.92 Å². The summed E-state index contributed by atoms with van der Waals surface area (Å²) in [7, 11) is 0. The zero-order chi connectivity index (χ0) is 15.3. The molecule has 0 aliphatic heterocycles. The van der Waals surface area contributed by atoms with Crippen molar-refractivity contribution in [2.24, 2.45) is 0 Å². The highest BCUT2D eigenvalue weighted by Crippen LogP contribution is 2.25. The smallest absolute Gasteiger partial charge is 0.339 e. The molecular formula is C15H21NO4. The van der Waals surface area contributed by atoms with E-state index in [0.717, 1.165) is 0 Å². The quantitative estimate of drug-likeness (QED) is 0.868. The Hall–Kier alpha value is -2.04. The third kappa shape index (κ3) is 3.50. The summed E-state index contributed by atoms with van der Waals surface area (Å²) < 4.78 is 5.61. The monoisotopic (exact) mass is 279 g/mol. The fourth-order valence-electron chi connectivity index (χ4n) is 2.00. The molecule has 0 aliphatic rings. The van der Waals surface area contributed by atoms with Gasteiger partial charge in [0.15, 0.2) is 6.10 Å². The first-order chi connectivity index (χ1) is 9.42. The van der Waals surface area contributed by atoms with Gasteiger partial charge < -0.3 is 14.7 Å². The van der Waals surface area contributed by atoms with Gasteiger partial charge in [-0.15, -0.1) is 0 Å². The highest BCUT2D eigenvalue weighted by molar-refractivity contribution is 5.91. The van der Waals surface area contributed by atoms with Gasteiger partial charge in [0.25, 0.3) is 5.91 Å². The number of hydrogen-bond acceptors (Lipinski definition) is 3. The van der Waals surface area contributed by atoms with E-state index < -0.39 is 12.1 Å². The molecular weight excluding hydrogens is 258 g/mol. The number of aryl methyl sites for hydroxylation is 1. The van der Waals surface area contributed by atoms with Crippen LogP contribution in [0.15, 0.2) is 18.2 Å². The second-order valence-electron chi connectivity index (χ2n) is 4.53. The first-order valence-corrected chi connectivity index (χ1v) is 6.70. The molecule has 1 rings (SSSR count). The Morgan fingerprint density at radius 3 is 2.40 bits per heavy atom. The van der Waals surface area contributed by atoms with Gasteiger partial charge in [-0.1, -0.05) is 12.1 Å². The summed E-state index contributed by atoms with van der Waals surface area (Å²) in [5.41, 5.74) is 0.772. The van der Waals surface area contributed by atoms with E-state index in [1.807, 2.05) is 13.8 Å². The number of aromatic carboxylic acids is 1. The minimum atomic E-state index is -1.06. The first-order valence-electron chi connectivity index (χ1n) is 6.70. The topological polar surface area (TPSA) is 66.8 Å². The van der Waals surface area contributed by atoms with Crippen molar-refractivity contribution in [1.82, 2.24) is 4.90 Å². The van der Waals surface area contributed by atoms with Gasteiger partial charge in [0.05, 0.1) is 0 Å². The lowest BCUT2D eigenvalue weighted by atomic mass is 10.1. The summed E-state index contributed by atoms with van der Waals surface area (Å²) in [6.07, 6.45) is -0.714. The van der Waals surface area contributed by atoms with Crippen molar-refractivity contribution in [1.29, 1.82) is 0 Å². The van der Waals surface area contributed by atoms with Crippen molar-refractivity contribution in [2.75, 3.05) is 13.1 Å². The van der Waals surface area contributed by atoms with Gasteiger partial charge >= 0.3 is 5.97 Å². The Balaban J connectivity index is 2.98. The van der Waals surface area contributed by atoms with Crippen molar-refractivity contribution in [2.45, 2.75) is 33.8 Å². The molecule has 0 saturated carbocycles. The van der Waals surface area contributed by atoms with E-state index in [9.17, 15) is 9.59 Å². The average Bonchev–Trinajstić information content (AvgIpc) is 2.41. The van der Waals surface area contributed by atoms with E-state index in [2.05, 4.69) is 0 Å². The molecule has 0 spiro atoms. The van der Waals surface area contributed by atoms with Gasteiger partial charge in [-0.05, 0) is 39.3 Å². The highest BCUT2D eigenvalue weighted by Gasteiger charge is 2.23. The maximum absolute atomic E-state index is 12.2. The molecule has 1 unspecified atom stereocenters. The van der Waals surface area contributed by atoms with Gasteiger partial charge in [-0.25, -0.2) is 4.79 Å². The molecule has 1 amide bonds. The molecule has 110 valence electrons. The normalized spacial score (nSPS) is 11.8. The van der Waals surface area contributed by atoms with Crippen LogP contribution in [0.2, 0.25) is 0 Å². The molecule has 0 aromatic heterocycles. The lowest BCUT2D eigenvalue weighted by molar-refractivity contribution is -0.137. The summed E-state index contributed by atoms with van der Waals surface area (Å²) >= 11 is 0. The van der Waals surface area contributed by atoms with Crippen LogP contribution in [0.5, 0.6) is 5.75 Å². The van der Waals surface area contributed by atoms with Crippen LogP contribution in [0.25, 0.3) is 0 Å². The number of nitrogens with zero attached hydrogens (tertiary/aromatic N) is 1. The fraction of sp³-hybridized carbons (Fsp3) is 0.467. The van der Waals surface area contributed by atoms with Gasteiger partial charge in [0, 0.05) is 13.1 Å². The number of carbonyl (C=O) groups is 2. The molecule has 0 bridgehead atoms. The van der Waals surface area contributed by atoms with E-state index >= 15 is 0 Å². The Kier molecular flexibility index (Phi) is 5.55. The Morgan fingerprint density at radius 2 is 1.90 bits per heavy atom. The second kappa shape index (κ2) is 6.93. The summed E-state index contributed by atoms with van der Waals surface area (Å²) in [5, 5.41) is 9.17. The van der Waals surface area contributed by atoms with Crippen molar-refractivity contribution in [3.05, 3.63) is 29.3 Å². The maximum atomic E-state index is 12.2. The standard InChI is InChI=1S/C15H21NO4/c1-5-16(6-2)14(17)11(4)20-13-10(3)8-7-9-12(13)15(18)19/h7-9,11H,5-6H2,1-4H3,(H,18,19). The molecule has 0 radical (unpaired) electrons. The molecule has 1 aromatic rings. The summed E-state index contributed by atoms with van der Waals surface area (Å²) in [5.74, 6) is -0.950. The Bertz CT molecular complexity index is 495. The zero-order valence-corrected chi connectivity index (χ0v) is 12.3. The Labute approximate surface area is 119 Å². The zero-order valence-electron chi connectivity index (χ0n) is 12.3. The molecule has 5 nitrogen and oxygen atoms in total. The molecule has 1 atom stereocenters. The minimum absolute atomic E-state index is 0.0733. The molecule has 0 heterocycles. The minimum Gasteiger partial charge on any atom is -0.480 e. The van der Waals surface area contributed by atoms with Crippen LogP contribution >= 0.6 is 0 Å². The molecule has 1 aromatic carbocycles. The van der Waals surface area contributed by atoms with Crippen molar-refractivity contribution in [3.63, 3.8) is 0 Å². The van der Waals surface area contributed by atoms with E-state index in [-0.39, 0.29) is 17.2 Å². The largest absolute Gasteiger partial charge is 0.480 e. The lowest BCUT2D eigenvalue weighted by Gasteiger charge is -2.24. The van der Waals surface area contributed by atoms with E-state index in [0.29, 0.717) is 18.7 Å². The third-order valence-electron chi connectivity index (χ3n) is 3.16. The number of amides is 1. The molecule has 0 saturated heterocycles. The van der Waals surface area contributed by atoms with Gasteiger partial charge in [-0.2, -0.15) is 0 Å². The number of hydrogen-bond donors (Lipinski definition) is 1. The van der Waals surface area contributed by atoms with Crippen molar-refractivity contribution >= 4 is 11.9 Å². The number of carboxylic acid groups (broad SMARTS) is 1. The van der Waals surface area contributed by atoms with E-state index in [4.69, 9.17) is 9.84 Å². The van der Waals surface area contributed by atoms with Crippen molar-refractivity contribution < 1.29 is 19.4 Å². The fourth-order valence-corrected chi connectivity index (χ4v) is 2.00. The Morgan fingerprint density at radius 1 is 1.30 bits per heavy atom. The number of benzene rings is 1. The summed E-state index contributed by atoms with van der Waals surface area (Å²) in [6.45, 7) is 8.38. The number of ether oxygens (including phenoxy) is 1. The maximum Gasteiger partial charge on any atom is 0.339 e. The summed E-state index contributed by atoms with van der Waals surface area (Å²) in [4.78, 5) is 25.0. The predicted octanol–water partition coefficient (Wildman–Crippen LogP) is 2.33. The number of likely N-dealkylation sites (N-methyl/N-ethyl adjacent to an activating group) is 1. The summed E-state index contributed by atoms with van der Waals surface area (Å²) in [6, 6.07) is 4.89. The average molecular weight is 279 g/mol. The number of para-hydroxylation sites is 1. The number of carbonyl (C=O) groups excluding carboxylic acids is 1. The number of rotatable bonds is 6. The second-order valence-corrected chi connectivity index (χ2v) is 4.53. The van der Waals surface area contributed by atoms with Gasteiger partial charge in [-0.3, -0.25) is 4.79 Å². The van der Waals surface area contributed by atoms with Crippen LogP contribution in [-0.4, -0.2) is 41.1 Å². The first kappa shape index (κ1) is 16.0. The van der Waals surface area contributed by atoms with Crippen molar-refractivity contribution in [3.8, 4) is 5.75 Å². The SMILES string of the molecule is CCN(CC)C(=O)C(C)Oc1c(C)cccc1C(=O)O. The number of carboxylic acids is 1. The lowest BCUT2D eigenvalue weighted by Crippen LogP contribution is -2.40. The predicted molar refractivity (Wildman–Crippen MR) is 76.2 cm³/mol. The van der Waals surface area contributed by atoms with Crippen LogP contribution < -0.4 is 4.74 Å². The van der Waals surface area contributed by atoms with E-state index in [1.54, 1.807) is 30.9 Å². The van der Waals surface area contributed by atoms with Gasteiger partial charge in [0.2, 0.25) is 0 Å². The van der Waals surface area contributed by atoms with Gasteiger partial charge in [0.1, 0.15) is 11.3 Å².